The summed E-state index contributed by atoms with van der Waals surface area (Å²) in [7, 11) is 3.07. The number of rotatable bonds is 13. The van der Waals surface area contributed by atoms with Crippen molar-refractivity contribution < 1.29 is 19.0 Å². The zero-order valence-corrected chi connectivity index (χ0v) is 19.5. The summed E-state index contributed by atoms with van der Waals surface area (Å²) in [6, 6.07) is 7.87. The molecule has 0 aliphatic carbocycles. The van der Waals surface area contributed by atoms with Crippen LogP contribution in [-0.4, -0.2) is 52.5 Å². The number of guanidine groups is 1. The van der Waals surface area contributed by atoms with E-state index in [1.807, 2.05) is 31.2 Å². The summed E-state index contributed by atoms with van der Waals surface area (Å²) in [6.45, 7) is 5.57. The van der Waals surface area contributed by atoms with Gasteiger partial charge < -0.3 is 24.8 Å². The Labute approximate surface area is 185 Å². The SMILES string of the molecule is CCOCCCNC(=NCc1ccc(OC)cc1)NCCCCC(=O)OC.I. The topological polar surface area (TPSA) is 81.2 Å². The van der Waals surface area contributed by atoms with Gasteiger partial charge in [-0.1, -0.05) is 12.1 Å². The molecule has 0 aliphatic rings. The van der Waals surface area contributed by atoms with Crippen LogP contribution in [0.15, 0.2) is 29.3 Å². The van der Waals surface area contributed by atoms with Crippen LogP contribution < -0.4 is 15.4 Å². The molecule has 0 saturated heterocycles. The highest BCUT2D eigenvalue weighted by atomic mass is 127. The maximum absolute atomic E-state index is 11.1. The fraction of sp³-hybridized carbons (Fsp3) is 0.600. The van der Waals surface area contributed by atoms with Crippen molar-refractivity contribution in [1.29, 1.82) is 0 Å². The largest absolute Gasteiger partial charge is 0.497 e. The van der Waals surface area contributed by atoms with Crippen LogP contribution in [0, 0.1) is 0 Å². The van der Waals surface area contributed by atoms with Gasteiger partial charge in [-0.25, -0.2) is 4.99 Å². The summed E-state index contributed by atoms with van der Waals surface area (Å²) < 4.78 is 15.2. The number of carbonyl (C=O) groups is 1. The molecule has 1 rings (SSSR count). The summed E-state index contributed by atoms with van der Waals surface area (Å²) in [4.78, 5) is 15.8. The van der Waals surface area contributed by atoms with Crippen LogP contribution >= 0.6 is 24.0 Å². The molecule has 1 aromatic carbocycles. The van der Waals surface area contributed by atoms with Crippen molar-refractivity contribution in [3.05, 3.63) is 29.8 Å². The Balaban J connectivity index is 0.00000729. The zero-order chi connectivity index (χ0) is 19.7. The molecule has 1 aromatic rings. The first-order chi connectivity index (χ1) is 13.2. The molecule has 0 fully saturated rings. The minimum absolute atomic E-state index is 0. The number of ether oxygens (including phenoxy) is 3. The molecule has 0 radical (unpaired) electrons. The molecular formula is C20H34IN3O4. The third-order valence-corrected chi connectivity index (χ3v) is 3.87. The van der Waals surface area contributed by atoms with Crippen LogP contribution in [0.5, 0.6) is 5.75 Å². The number of nitrogens with one attached hydrogen (secondary N) is 2. The van der Waals surface area contributed by atoms with E-state index in [9.17, 15) is 4.79 Å². The maximum Gasteiger partial charge on any atom is 0.305 e. The minimum Gasteiger partial charge on any atom is -0.497 e. The van der Waals surface area contributed by atoms with Gasteiger partial charge in [0.1, 0.15) is 5.75 Å². The van der Waals surface area contributed by atoms with Crippen LogP contribution in [0.1, 0.15) is 38.2 Å². The van der Waals surface area contributed by atoms with E-state index in [1.54, 1.807) is 7.11 Å². The second kappa shape index (κ2) is 17.5. The number of aliphatic imine (C=N–C) groups is 1. The minimum atomic E-state index is -0.169. The van der Waals surface area contributed by atoms with E-state index in [0.29, 0.717) is 13.0 Å². The number of hydrogen-bond donors (Lipinski definition) is 2. The van der Waals surface area contributed by atoms with E-state index in [2.05, 4.69) is 20.4 Å². The van der Waals surface area contributed by atoms with E-state index < -0.39 is 0 Å². The number of methoxy groups -OCH3 is 2. The van der Waals surface area contributed by atoms with E-state index in [0.717, 1.165) is 62.8 Å². The van der Waals surface area contributed by atoms with Gasteiger partial charge in [-0.05, 0) is 43.9 Å². The Kier molecular flexibility index (Phi) is 16.6. The first-order valence-electron chi connectivity index (χ1n) is 9.49. The average molecular weight is 507 g/mol. The van der Waals surface area contributed by atoms with Gasteiger partial charge in [0.15, 0.2) is 5.96 Å². The molecule has 2 N–H and O–H groups in total. The van der Waals surface area contributed by atoms with Crippen LogP contribution in [0.3, 0.4) is 0 Å². The van der Waals surface area contributed by atoms with Crippen molar-refractivity contribution in [2.24, 2.45) is 4.99 Å². The Hall–Kier alpha value is -1.55. The standard InChI is InChI=1S/C20H33N3O4.HI/c1-4-27-15-7-14-22-20(21-13-6-5-8-19(24)26-3)23-16-17-9-11-18(25-2)12-10-17;/h9-12H,4-8,13-16H2,1-3H3,(H2,21,22,23);1H. The van der Waals surface area contributed by atoms with E-state index in [1.165, 1.54) is 7.11 Å². The number of benzene rings is 1. The van der Waals surface area contributed by atoms with Crippen LogP contribution in [0.25, 0.3) is 0 Å². The quantitative estimate of drug-likeness (QED) is 0.140. The van der Waals surface area contributed by atoms with Crippen molar-refractivity contribution in [3.63, 3.8) is 0 Å². The van der Waals surface area contributed by atoms with Crippen LogP contribution in [0.4, 0.5) is 0 Å². The van der Waals surface area contributed by atoms with Gasteiger partial charge in [0.05, 0.1) is 20.8 Å². The number of hydrogen-bond acceptors (Lipinski definition) is 5. The van der Waals surface area contributed by atoms with Crippen LogP contribution in [0.2, 0.25) is 0 Å². The molecule has 0 atom stereocenters. The van der Waals surface area contributed by atoms with E-state index in [-0.39, 0.29) is 29.9 Å². The predicted molar refractivity (Wildman–Crippen MR) is 123 cm³/mol. The number of carbonyl (C=O) groups excluding carboxylic acids is 1. The lowest BCUT2D eigenvalue weighted by molar-refractivity contribution is -0.140. The van der Waals surface area contributed by atoms with Crippen molar-refractivity contribution >= 4 is 35.9 Å². The molecular weight excluding hydrogens is 473 g/mol. The maximum atomic E-state index is 11.1. The Morgan fingerprint density at radius 2 is 1.71 bits per heavy atom. The molecule has 28 heavy (non-hydrogen) atoms. The Bertz CT molecular complexity index is 553. The first kappa shape index (κ1) is 26.4. The average Bonchev–Trinajstić information content (AvgIpc) is 2.71. The lowest BCUT2D eigenvalue weighted by atomic mass is 10.2. The molecule has 0 aliphatic heterocycles. The molecule has 0 aromatic heterocycles. The number of halogens is 1. The van der Waals surface area contributed by atoms with Gasteiger partial charge in [-0.2, -0.15) is 0 Å². The molecule has 0 unspecified atom stereocenters. The smallest absolute Gasteiger partial charge is 0.305 e. The zero-order valence-electron chi connectivity index (χ0n) is 17.2. The fourth-order valence-electron chi connectivity index (χ4n) is 2.30. The van der Waals surface area contributed by atoms with Crippen molar-refractivity contribution in [3.8, 4) is 5.75 Å². The molecule has 0 heterocycles. The molecule has 0 bridgehead atoms. The monoisotopic (exact) mass is 507 g/mol. The summed E-state index contributed by atoms with van der Waals surface area (Å²) in [5.74, 6) is 1.43. The molecule has 0 amide bonds. The van der Waals surface area contributed by atoms with Crippen LogP contribution in [-0.2, 0) is 20.8 Å². The van der Waals surface area contributed by atoms with Crippen molar-refractivity contribution in [1.82, 2.24) is 10.6 Å². The number of esters is 1. The van der Waals surface area contributed by atoms with Gasteiger partial charge in [0.2, 0.25) is 0 Å². The lowest BCUT2D eigenvalue weighted by Gasteiger charge is -2.13. The summed E-state index contributed by atoms with van der Waals surface area (Å²) in [5, 5.41) is 6.64. The van der Waals surface area contributed by atoms with Crippen molar-refractivity contribution in [2.45, 2.75) is 39.2 Å². The van der Waals surface area contributed by atoms with Gasteiger partial charge in [0.25, 0.3) is 0 Å². The highest BCUT2D eigenvalue weighted by Gasteiger charge is 2.02. The first-order valence-corrected chi connectivity index (χ1v) is 9.49. The number of unbranched alkanes of at least 4 members (excludes halogenated alkanes) is 1. The van der Waals surface area contributed by atoms with Gasteiger partial charge in [0, 0.05) is 32.7 Å². The predicted octanol–water partition coefficient (Wildman–Crippen LogP) is 3.12. The van der Waals surface area contributed by atoms with E-state index in [4.69, 9.17) is 9.47 Å². The highest BCUT2D eigenvalue weighted by molar-refractivity contribution is 14.0. The fourth-order valence-corrected chi connectivity index (χ4v) is 2.30. The third kappa shape index (κ3) is 12.8. The summed E-state index contributed by atoms with van der Waals surface area (Å²) in [5.41, 5.74) is 1.11. The second-order valence-corrected chi connectivity index (χ2v) is 5.95. The van der Waals surface area contributed by atoms with Crippen molar-refractivity contribution in [2.75, 3.05) is 40.5 Å². The lowest BCUT2D eigenvalue weighted by Crippen LogP contribution is -2.38. The third-order valence-electron chi connectivity index (χ3n) is 3.87. The molecule has 0 spiro atoms. The van der Waals surface area contributed by atoms with Gasteiger partial charge in [-0.3, -0.25) is 4.79 Å². The molecule has 7 nitrogen and oxygen atoms in total. The highest BCUT2D eigenvalue weighted by Crippen LogP contribution is 2.11. The normalized spacial score (nSPS) is 10.8. The number of nitrogens with zero attached hydrogens (tertiary/aromatic N) is 1. The summed E-state index contributed by atoms with van der Waals surface area (Å²) in [6.07, 6.45) is 3.02. The molecule has 0 saturated carbocycles. The molecule has 160 valence electrons. The Morgan fingerprint density at radius 3 is 2.32 bits per heavy atom. The Morgan fingerprint density at radius 1 is 1.04 bits per heavy atom. The van der Waals surface area contributed by atoms with E-state index >= 15 is 0 Å². The summed E-state index contributed by atoms with van der Waals surface area (Å²) >= 11 is 0. The second-order valence-electron chi connectivity index (χ2n) is 5.95. The van der Waals surface area contributed by atoms with Gasteiger partial charge in [-0.15, -0.1) is 24.0 Å². The van der Waals surface area contributed by atoms with Gasteiger partial charge >= 0.3 is 5.97 Å². The molecule has 8 heteroatoms.